The lowest BCUT2D eigenvalue weighted by Crippen LogP contribution is -2.23. The van der Waals surface area contributed by atoms with Crippen molar-refractivity contribution in [1.29, 1.82) is 0 Å². The van der Waals surface area contributed by atoms with Crippen molar-refractivity contribution < 1.29 is 0 Å². The van der Waals surface area contributed by atoms with Crippen LogP contribution in [0.4, 0.5) is 0 Å². The Bertz CT molecular complexity index is 563. The fourth-order valence-corrected chi connectivity index (χ4v) is 3.40. The second-order valence-electron chi connectivity index (χ2n) is 5.30. The molecule has 0 aliphatic heterocycles. The summed E-state index contributed by atoms with van der Waals surface area (Å²) in [5.74, 6) is 0.461. The molecule has 114 valence electrons. The largest absolute Gasteiger partial charge is 0.316 e. The first-order valence-electron chi connectivity index (χ1n) is 7.63. The molecule has 1 aromatic carbocycles. The number of aromatic nitrogens is 2. The summed E-state index contributed by atoms with van der Waals surface area (Å²) in [7, 11) is 2.04. The smallest absolute Gasteiger partial charge is 0.0766 e. The highest BCUT2D eigenvalue weighted by molar-refractivity contribution is 9.10. The van der Waals surface area contributed by atoms with Crippen molar-refractivity contribution in [2.45, 2.75) is 32.6 Å². The molecular formula is C17H24BrN3. The predicted molar refractivity (Wildman–Crippen MR) is 91.7 cm³/mol. The molecule has 2 aromatic rings. The molecule has 21 heavy (non-hydrogen) atoms. The van der Waals surface area contributed by atoms with Gasteiger partial charge in [-0.05, 0) is 40.9 Å². The highest BCUT2D eigenvalue weighted by atomic mass is 79.9. The molecule has 1 N–H and O–H groups in total. The van der Waals surface area contributed by atoms with Gasteiger partial charge in [-0.25, -0.2) is 0 Å². The second-order valence-corrected chi connectivity index (χ2v) is 6.10. The van der Waals surface area contributed by atoms with Gasteiger partial charge in [-0.2, -0.15) is 5.10 Å². The quantitative estimate of drug-likeness (QED) is 0.826. The predicted octanol–water partition coefficient (Wildman–Crippen LogP) is 3.68. The maximum absolute atomic E-state index is 4.61. The minimum atomic E-state index is 0.461. The Morgan fingerprint density at radius 2 is 1.95 bits per heavy atom. The van der Waals surface area contributed by atoms with Gasteiger partial charge in [-0.3, -0.25) is 4.68 Å². The molecule has 0 spiro atoms. The van der Waals surface area contributed by atoms with Gasteiger partial charge in [-0.1, -0.05) is 44.2 Å². The average molecular weight is 350 g/mol. The van der Waals surface area contributed by atoms with Crippen LogP contribution in [0, 0.1) is 0 Å². The van der Waals surface area contributed by atoms with Crippen LogP contribution in [0.3, 0.4) is 0 Å². The summed E-state index contributed by atoms with van der Waals surface area (Å²) in [6, 6.07) is 10.7. The summed E-state index contributed by atoms with van der Waals surface area (Å²) >= 11 is 3.73. The van der Waals surface area contributed by atoms with Crippen LogP contribution in [-0.4, -0.2) is 22.9 Å². The molecular weight excluding hydrogens is 326 g/mol. The molecule has 1 heterocycles. The van der Waals surface area contributed by atoms with Gasteiger partial charge in [0.05, 0.1) is 15.9 Å². The molecule has 0 saturated heterocycles. The summed E-state index contributed by atoms with van der Waals surface area (Å²) in [5, 5.41) is 8.09. The van der Waals surface area contributed by atoms with Gasteiger partial charge in [0.2, 0.25) is 0 Å². The van der Waals surface area contributed by atoms with Crippen LogP contribution in [0.2, 0.25) is 0 Å². The standard InChI is InChI=1S/C17H24BrN3/c1-4-15-17(18)16(21(3)20-15)11-14(12-19-5-2)13-9-7-6-8-10-13/h6-10,14,19H,4-5,11-12H2,1-3H3. The molecule has 0 aliphatic rings. The number of benzene rings is 1. The molecule has 0 bridgehead atoms. The Hall–Kier alpha value is -1.13. The van der Waals surface area contributed by atoms with Gasteiger partial charge in [0.15, 0.2) is 0 Å². The van der Waals surface area contributed by atoms with Gasteiger partial charge < -0.3 is 5.32 Å². The first-order chi connectivity index (χ1) is 10.2. The maximum Gasteiger partial charge on any atom is 0.0766 e. The summed E-state index contributed by atoms with van der Waals surface area (Å²) in [6.45, 7) is 6.27. The topological polar surface area (TPSA) is 29.9 Å². The number of aryl methyl sites for hydroxylation is 2. The van der Waals surface area contributed by atoms with E-state index in [0.29, 0.717) is 5.92 Å². The van der Waals surface area contributed by atoms with Gasteiger partial charge in [0.25, 0.3) is 0 Å². The Kier molecular flexibility index (Phi) is 6.00. The van der Waals surface area contributed by atoms with Crippen molar-refractivity contribution in [1.82, 2.24) is 15.1 Å². The van der Waals surface area contributed by atoms with Crippen LogP contribution in [0.15, 0.2) is 34.8 Å². The van der Waals surface area contributed by atoms with E-state index in [-0.39, 0.29) is 0 Å². The minimum Gasteiger partial charge on any atom is -0.316 e. The summed E-state index contributed by atoms with van der Waals surface area (Å²) in [4.78, 5) is 0. The monoisotopic (exact) mass is 349 g/mol. The molecule has 1 aromatic heterocycles. The van der Waals surface area contributed by atoms with E-state index in [4.69, 9.17) is 0 Å². The molecule has 0 radical (unpaired) electrons. The fraction of sp³-hybridized carbons (Fsp3) is 0.471. The molecule has 0 fully saturated rings. The van der Waals surface area contributed by atoms with E-state index in [1.165, 1.54) is 15.7 Å². The zero-order chi connectivity index (χ0) is 15.2. The number of nitrogens with zero attached hydrogens (tertiary/aromatic N) is 2. The van der Waals surface area contributed by atoms with Crippen LogP contribution < -0.4 is 5.32 Å². The van der Waals surface area contributed by atoms with E-state index in [9.17, 15) is 0 Å². The van der Waals surface area contributed by atoms with E-state index >= 15 is 0 Å². The number of likely N-dealkylation sites (N-methyl/N-ethyl adjacent to an activating group) is 1. The summed E-state index contributed by atoms with van der Waals surface area (Å²) in [6.07, 6.45) is 1.94. The van der Waals surface area contributed by atoms with Crippen LogP contribution in [0.1, 0.15) is 36.7 Å². The Morgan fingerprint density at radius 3 is 2.52 bits per heavy atom. The third-order valence-electron chi connectivity index (χ3n) is 3.85. The van der Waals surface area contributed by atoms with E-state index in [2.05, 4.69) is 70.5 Å². The lowest BCUT2D eigenvalue weighted by molar-refractivity contribution is 0.569. The van der Waals surface area contributed by atoms with Crippen LogP contribution in [0.5, 0.6) is 0 Å². The second kappa shape index (κ2) is 7.76. The zero-order valence-corrected chi connectivity index (χ0v) is 14.7. The maximum atomic E-state index is 4.61. The van der Waals surface area contributed by atoms with Crippen molar-refractivity contribution in [3.8, 4) is 0 Å². The molecule has 2 rings (SSSR count). The SMILES string of the molecule is CCNCC(Cc1c(Br)c(CC)nn1C)c1ccccc1. The van der Waals surface area contributed by atoms with Crippen molar-refractivity contribution in [3.63, 3.8) is 0 Å². The Balaban J connectivity index is 2.25. The summed E-state index contributed by atoms with van der Waals surface area (Å²) < 4.78 is 3.19. The van der Waals surface area contributed by atoms with E-state index in [1.54, 1.807) is 0 Å². The van der Waals surface area contributed by atoms with Crippen LogP contribution >= 0.6 is 15.9 Å². The van der Waals surface area contributed by atoms with Gasteiger partial charge in [0.1, 0.15) is 0 Å². The lowest BCUT2D eigenvalue weighted by Gasteiger charge is -2.18. The van der Waals surface area contributed by atoms with E-state index in [1.807, 2.05) is 11.7 Å². The van der Waals surface area contributed by atoms with Crippen molar-refractivity contribution >= 4 is 15.9 Å². The fourth-order valence-electron chi connectivity index (χ4n) is 2.63. The number of hydrogen-bond acceptors (Lipinski definition) is 2. The van der Waals surface area contributed by atoms with Gasteiger partial charge in [-0.15, -0.1) is 0 Å². The first kappa shape index (κ1) is 16.2. The Morgan fingerprint density at radius 1 is 1.24 bits per heavy atom. The van der Waals surface area contributed by atoms with Crippen LogP contribution in [-0.2, 0) is 19.9 Å². The molecule has 1 atom stereocenters. The summed E-state index contributed by atoms with van der Waals surface area (Å²) in [5.41, 5.74) is 3.80. The van der Waals surface area contributed by atoms with Crippen LogP contribution in [0.25, 0.3) is 0 Å². The van der Waals surface area contributed by atoms with Crippen molar-refractivity contribution in [2.24, 2.45) is 7.05 Å². The minimum absolute atomic E-state index is 0.461. The van der Waals surface area contributed by atoms with Crippen molar-refractivity contribution in [2.75, 3.05) is 13.1 Å². The zero-order valence-electron chi connectivity index (χ0n) is 13.1. The molecule has 0 saturated carbocycles. The third kappa shape index (κ3) is 3.95. The normalized spacial score (nSPS) is 12.6. The highest BCUT2D eigenvalue weighted by Gasteiger charge is 2.18. The highest BCUT2D eigenvalue weighted by Crippen LogP contribution is 2.27. The Labute approximate surface area is 135 Å². The number of rotatable bonds is 7. The molecule has 3 nitrogen and oxygen atoms in total. The number of hydrogen-bond donors (Lipinski definition) is 1. The molecule has 1 unspecified atom stereocenters. The first-order valence-corrected chi connectivity index (χ1v) is 8.42. The van der Waals surface area contributed by atoms with E-state index in [0.717, 1.165) is 31.6 Å². The number of halogens is 1. The van der Waals surface area contributed by atoms with Gasteiger partial charge in [0, 0.05) is 19.5 Å². The molecule has 4 heteroatoms. The number of nitrogens with one attached hydrogen (secondary N) is 1. The van der Waals surface area contributed by atoms with Crippen molar-refractivity contribution in [3.05, 3.63) is 51.8 Å². The molecule has 0 aliphatic carbocycles. The third-order valence-corrected chi connectivity index (χ3v) is 4.77. The van der Waals surface area contributed by atoms with E-state index < -0.39 is 0 Å². The molecule has 0 amide bonds. The lowest BCUT2D eigenvalue weighted by atomic mass is 9.94. The van der Waals surface area contributed by atoms with Gasteiger partial charge >= 0.3 is 0 Å². The average Bonchev–Trinajstić information content (AvgIpc) is 2.79.